The number of rotatable bonds is 7. The molecule has 0 aromatic carbocycles. The molecule has 8 nitrogen and oxygen atoms in total. The van der Waals surface area contributed by atoms with E-state index in [0.717, 1.165) is 32.1 Å². The minimum absolute atomic E-state index is 0.0910. The second-order valence-corrected chi connectivity index (χ2v) is 15.4. The highest BCUT2D eigenvalue weighted by Crippen LogP contribution is 2.68. The van der Waals surface area contributed by atoms with Crippen LogP contribution in [-0.4, -0.2) is 85.8 Å². The number of fused-ring (bicyclic) bond motifs is 5. The van der Waals surface area contributed by atoms with E-state index < -0.39 is 42.9 Å². The van der Waals surface area contributed by atoms with Gasteiger partial charge >= 0.3 is 0 Å². The summed E-state index contributed by atoms with van der Waals surface area (Å²) in [6.45, 7) is 12.6. The average Bonchev–Trinajstić information content (AvgIpc) is 3.19. The fraction of sp³-hybridized carbons (Fsp3) is 0.939. The van der Waals surface area contributed by atoms with Crippen molar-refractivity contribution >= 4 is 0 Å². The van der Waals surface area contributed by atoms with Gasteiger partial charge in [-0.05, 0) is 105 Å². The van der Waals surface area contributed by atoms with Crippen LogP contribution in [0, 0.1) is 46.3 Å². The fourth-order valence-corrected chi connectivity index (χ4v) is 10.2. The van der Waals surface area contributed by atoms with E-state index >= 15 is 0 Å². The molecule has 0 aromatic rings. The number of aliphatic hydroxyl groups excluding tert-OH is 6. The molecule has 0 aromatic heterocycles. The Balaban J connectivity index is 1.47. The minimum atomic E-state index is -1.38. The molecule has 4 aliphatic carbocycles. The Bertz CT molecular complexity index is 956. The van der Waals surface area contributed by atoms with Crippen LogP contribution in [0.4, 0.5) is 0 Å². The summed E-state index contributed by atoms with van der Waals surface area (Å²) in [5.74, 6) is 0.856. The molecule has 1 heterocycles. The summed E-state index contributed by atoms with van der Waals surface area (Å²) in [7, 11) is 0. The van der Waals surface area contributed by atoms with E-state index in [4.69, 9.17) is 9.47 Å². The quantitative estimate of drug-likeness (QED) is 0.253. The Labute approximate surface area is 246 Å². The molecular formula is C33H56O8. The van der Waals surface area contributed by atoms with E-state index in [-0.39, 0.29) is 52.6 Å². The predicted molar refractivity (Wildman–Crippen MR) is 154 cm³/mol. The van der Waals surface area contributed by atoms with E-state index in [1.165, 1.54) is 5.57 Å². The van der Waals surface area contributed by atoms with Crippen molar-refractivity contribution < 1.29 is 40.1 Å². The molecule has 3 saturated carbocycles. The summed E-state index contributed by atoms with van der Waals surface area (Å²) < 4.78 is 12.5. The van der Waals surface area contributed by atoms with Crippen molar-refractivity contribution in [3.05, 3.63) is 11.6 Å². The highest BCUT2D eigenvalue weighted by atomic mass is 16.7. The highest BCUT2D eigenvalue weighted by Gasteiger charge is 2.65. The molecule has 0 bridgehead atoms. The molecule has 5 aliphatic rings. The van der Waals surface area contributed by atoms with Gasteiger partial charge in [0.2, 0.25) is 0 Å². The third-order valence-corrected chi connectivity index (χ3v) is 12.4. The molecule has 0 unspecified atom stereocenters. The lowest BCUT2D eigenvalue weighted by atomic mass is 9.46. The van der Waals surface area contributed by atoms with Crippen LogP contribution in [0.15, 0.2) is 11.6 Å². The van der Waals surface area contributed by atoms with Gasteiger partial charge in [-0.3, -0.25) is 0 Å². The zero-order valence-electron chi connectivity index (χ0n) is 25.9. The van der Waals surface area contributed by atoms with Gasteiger partial charge in [0, 0.05) is 0 Å². The zero-order valence-corrected chi connectivity index (χ0v) is 25.9. The summed E-state index contributed by atoms with van der Waals surface area (Å²) >= 11 is 0. The molecule has 0 radical (unpaired) electrons. The van der Waals surface area contributed by atoms with Crippen molar-refractivity contribution in [2.75, 3.05) is 0 Å². The second-order valence-electron chi connectivity index (χ2n) is 15.4. The van der Waals surface area contributed by atoms with Gasteiger partial charge in [0.15, 0.2) is 6.29 Å². The number of hydrogen-bond acceptors (Lipinski definition) is 8. The van der Waals surface area contributed by atoms with E-state index in [0.29, 0.717) is 25.2 Å². The first-order chi connectivity index (χ1) is 19.2. The zero-order chi connectivity index (χ0) is 30.0. The van der Waals surface area contributed by atoms with Crippen molar-refractivity contribution in [1.82, 2.24) is 0 Å². The third kappa shape index (κ3) is 5.47. The minimum Gasteiger partial charge on any atom is -0.393 e. The number of aliphatic hydroxyl groups is 6. The van der Waals surface area contributed by atoms with E-state index in [1.54, 1.807) is 6.92 Å². The standard InChI is InChI=1S/C33H56O8/c1-16(2)7-10-23(35)17(3)26-25(41-31-30(39)29(38)28(37)18(4)40-31)14-22-21-9-8-19-13-20(34)11-12-32(19,5)27(21)24(36)15-33(22,26)6/h8,16-18,20-31,34-39H,7,9-15H2,1-6H3/t17-,18+,20+,21+,22+,23+,24+,25+,26+,27-,28+,29-,30-,31+,32+,33+/m1/s1. The number of ether oxygens (including phenoxy) is 2. The summed E-state index contributed by atoms with van der Waals surface area (Å²) in [6, 6.07) is 0. The maximum atomic E-state index is 11.9. The van der Waals surface area contributed by atoms with Crippen molar-refractivity contribution in [1.29, 1.82) is 0 Å². The molecule has 41 heavy (non-hydrogen) atoms. The van der Waals surface area contributed by atoms with Gasteiger partial charge in [-0.25, -0.2) is 0 Å². The first-order valence-electron chi connectivity index (χ1n) is 16.3. The van der Waals surface area contributed by atoms with Crippen LogP contribution < -0.4 is 0 Å². The lowest BCUT2D eigenvalue weighted by Crippen LogP contribution is -2.58. The Morgan fingerprint density at radius 3 is 2.41 bits per heavy atom. The first kappa shape index (κ1) is 31.8. The lowest BCUT2D eigenvalue weighted by molar-refractivity contribution is -0.309. The molecule has 0 spiro atoms. The van der Waals surface area contributed by atoms with Crippen LogP contribution in [0.5, 0.6) is 0 Å². The Kier molecular flexibility index (Phi) is 9.11. The van der Waals surface area contributed by atoms with Gasteiger partial charge in [-0.2, -0.15) is 0 Å². The van der Waals surface area contributed by atoms with Gasteiger partial charge in [0.05, 0.1) is 30.5 Å². The van der Waals surface area contributed by atoms with E-state index in [2.05, 4.69) is 40.7 Å². The number of hydrogen-bond donors (Lipinski definition) is 6. The van der Waals surface area contributed by atoms with Crippen molar-refractivity contribution in [2.45, 2.75) is 148 Å². The van der Waals surface area contributed by atoms with Crippen LogP contribution in [0.3, 0.4) is 0 Å². The molecule has 16 atom stereocenters. The fourth-order valence-electron chi connectivity index (χ4n) is 10.2. The van der Waals surface area contributed by atoms with Gasteiger partial charge in [0.25, 0.3) is 0 Å². The Hall–Kier alpha value is -0.580. The molecule has 6 N–H and O–H groups in total. The lowest BCUT2D eigenvalue weighted by Gasteiger charge is -2.60. The van der Waals surface area contributed by atoms with Gasteiger partial charge in [0.1, 0.15) is 18.3 Å². The van der Waals surface area contributed by atoms with Crippen LogP contribution in [-0.2, 0) is 9.47 Å². The molecule has 236 valence electrons. The Morgan fingerprint density at radius 2 is 1.73 bits per heavy atom. The summed E-state index contributed by atoms with van der Waals surface area (Å²) in [6.07, 6.45) is 1.01. The van der Waals surface area contributed by atoms with E-state index in [9.17, 15) is 30.6 Å². The maximum absolute atomic E-state index is 11.9. The largest absolute Gasteiger partial charge is 0.393 e. The normalized spacial score (nSPS) is 51.4. The molecule has 0 amide bonds. The Morgan fingerprint density at radius 1 is 1.02 bits per heavy atom. The van der Waals surface area contributed by atoms with Crippen molar-refractivity contribution in [3.63, 3.8) is 0 Å². The SMILES string of the molecule is CC(C)CC[C@H](O)[C@@H](C)[C@H]1[C@@H](O[C@@H]2O[C@@H](C)[C@H](O)[C@@H](O)[C@H]2O)C[C@H]2[C@@H]3CC=C4C[C@@H](O)CC[C@]4(C)[C@H]3[C@@H](O)C[C@]12C. The highest BCUT2D eigenvalue weighted by molar-refractivity contribution is 5.27. The van der Waals surface area contributed by atoms with Crippen molar-refractivity contribution in [2.24, 2.45) is 46.3 Å². The summed E-state index contributed by atoms with van der Waals surface area (Å²) in [5, 5.41) is 65.3. The number of allylic oxidation sites excluding steroid dienone is 1. The molecule has 8 heteroatoms. The second kappa shape index (κ2) is 11.7. The van der Waals surface area contributed by atoms with Crippen LogP contribution in [0.1, 0.15) is 92.9 Å². The topological polar surface area (TPSA) is 140 Å². The molecule has 4 fully saturated rings. The molecule has 5 rings (SSSR count). The smallest absolute Gasteiger partial charge is 0.186 e. The van der Waals surface area contributed by atoms with Gasteiger partial charge in [-0.1, -0.05) is 46.3 Å². The maximum Gasteiger partial charge on any atom is 0.186 e. The average molecular weight is 581 g/mol. The predicted octanol–water partition coefficient (Wildman–Crippen LogP) is 3.15. The van der Waals surface area contributed by atoms with Crippen LogP contribution in [0.2, 0.25) is 0 Å². The molecule has 1 aliphatic heterocycles. The van der Waals surface area contributed by atoms with Crippen LogP contribution >= 0.6 is 0 Å². The van der Waals surface area contributed by atoms with Gasteiger partial charge < -0.3 is 40.1 Å². The summed E-state index contributed by atoms with van der Waals surface area (Å²) in [5.41, 5.74) is 0.848. The third-order valence-electron chi connectivity index (χ3n) is 12.4. The first-order valence-corrected chi connectivity index (χ1v) is 16.3. The summed E-state index contributed by atoms with van der Waals surface area (Å²) in [4.78, 5) is 0. The van der Waals surface area contributed by atoms with Crippen molar-refractivity contribution in [3.8, 4) is 0 Å². The molecule has 1 saturated heterocycles. The molecular weight excluding hydrogens is 524 g/mol. The monoisotopic (exact) mass is 580 g/mol. The van der Waals surface area contributed by atoms with Gasteiger partial charge in [-0.15, -0.1) is 0 Å². The van der Waals surface area contributed by atoms with Crippen LogP contribution in [0.25, 0.3) is 0 Å². The van der Waals surface area contributed by atoms with E-state index in [1.807, 2.05) is 0 Å².